The summed E-state index contributed by atoms with van der Waals surface area (Å²) in [4.78, 5) is 7.15. The highest BCUT2D eigenvalue weighted by atomic mass is 79.9. The van der Waals surface area contributed by atoms with E-state index in [1.54, 1.807) is 0 Å². The maximum absolute atomic E-state index is 12.0. The molecule has 2 aliphatic rings. The molecule has 0 aliphatic carbocycles. The maximum atomic E-state index is 12.0. The Balaban J connectivity index is 1.62. The lowest BCUT2D eigenvalue weighted by Gasteiger charge is -2.34. The van der Waals surface area contributed by atoms with Crippen molar-refractivity contribution in [2.24, 2.45) is 4.99 Å². The van der Waals surface area contributed by atoms with Gasteiger partial charge in [0.2, 0.25) is 0 Å². The predicted molar refractivity (Wildman–Crippen MR) is 118 cm³/mol. The van der Waals surface area contributed by atoms with Crippen LogP contribution in [0.25, 0.3) is 6.08 Å². The quantitative estimate of drug-likeness (QED) is 0.634. The molecule has 3 nitrogen and oxygen atoms in total. The minimum atomic E-state index is -1.20. The van der Waals surface area contributed by atoms with Gasteiger partial charge in [0.25, 0.3) is 0 Å². The van der Waals surface area contributed by atoms with Gasteiger partial charge in [-0.1, -0.05) is 82.7 Å². The lowest BCUT2D eigenvalue weighted by Crippen LogP contribution is -2.43. The summed E-state index contributed by atoms with van der Waals surface area (Å²) in [6.07, 6.45) is 4.12. The van der Waals surface area contributed by atoms with Gasteiger partial charge in [-0.3, -0.25) is 4.99 Å². The van der Waals surface area contributed by atoms with E-state index in [1.807, 2.05) is 78.9 Å². The summed E-state index contributed by atoms with van der Waals surface area (Å²) in [7, 11) is 0. The molecule has 4 heteroatoms. The lowest BCUT2D eigenvalue weighted by atomic mass is 9.80. The zero-order chi connectivity index (χ0) is 19.1. The van der Waals surface area contributed by atoms with E-state index in [0.29, 0.717) is 6.54 Å². The first kappa shape index (κ1) is 17.4. The Morgan fingerprint density at radius 2 is 1.50 bits per heavy atom. The van der Waals surface area contributed by atoms with Crippen molar-refractivity contribution in [3.63, 3.8) is 0 Å². The molecule has 3 aromatic carbocycles. The molecule has 0 saturated heterocycles. The minimum absolute atomic E-state index is 0.318. The topological polar surface area (TPSA) is 35.8 Å². The van der Waals surface area contributed by atoms with Crippen molar-refractivity contribution in [3.05, 3.63) is 106 Å². The van der Waals surface area contributed by atoms with E-state index < -0.39 is 5.60 Å². The van der Waals surface area contributed by atoms with Crippen LogP contribution in [0.3, 0.4) is 0 Å². The zero-order valence-electron chi connectivity index (χ0n) is 15.2. The molecule has 0 fully saturated rings. The number of anilines is 1. The molecule has 0 amide bonds. The van der Waals surface area contributed by atoms with Crippen LogP contribution in [-0.2, 0) is 5.60 Å². The molecule has 5 rings (SSSR count). The predicted octanol–water partition coefficient (Wildman–Crippen LogP) is 5.00. The fraction of sp³-hybridized carbons (Fsp3) is 0.125. The Kier molecular flexibility index (Phi) is 4.18. The first-order chi connectivity index (χ1) is 13.7. The third kappa shape index (κ3) is 2.64. The van der Waals surface area contributed by atoms with E-state index in [0.717, 1.165) is 32.7 Å². The van der Waals surface area contributed by atoms with Crippen LogP contribution in [0.2, 0.25) is 0 Å². The molecule has 138 valence electrons. The standard InChI is InChI=1S/C24H19BrN2O/c25-20-12-7-13-21-19(20)14-15-23-26-22(16-27(21)23)24(28,17-8-3-1-4-9-17)18-10-5-2-6-11-18/h1-15,22,28H,16H2/t22-/m0/s1. The summed E-state index contributed by atoms with van der Waals surface area (Å²) >= 11 is 3.64. The lowest BCUT2D eigenvalue weighted by molar-refractivity contribution is 0.0580. The van der Waals surface area contributed by atoms with Crippen LogP contribution in [0.4, 0.5) is 5.69 Å². The first-order valence-electron chi connectivity index (χ1n) is 9.33. The van der Waals surface area contributed by atoms with Crippen LogP contribution >= 0.6 is 15.9 Å². The number of benzene rings is 3. The number of hydrogen-bond donors (Lipinski definition) is 1. The zero-order valence-corrected chi connectivity index (χ0v) is 16.8. The van der Waals surface area contributed by atoms with Crippen LogP contribution in [0.1, 0.15) is 16.7 Å². The van der Waals surface area contributed by atoms with Crippen LogP contribution < -0.4 is 4.90 Å². The smallest absolute Gasteiger partial charge is 0.139 e. The fourth-order valence-electron chi connectivity index (χ4n) is 4.14. The van der Waals surface area contributed by atoms with E-state index in [-0.39, 0.29) is 6.04 Å². The number of hydrogen-bond acceptors (Lipinski definition) is 3. The summed E-state index contributed by atoms with van der Waals surface area (Å²) in [6, 6.07) is 25.6. The molecule has 2 heterocycles. The first-order valence-corrected chi connectivity index (χ1v) is 10.1. The number of nitrogens with zero attached hydrogens (tertiary/aromatic N) is 2. The molecule has 0 spiro atoms. The van der Waals surface area contributed by atoms with Crippen molar-refractivity contribution < 1.29 is 5.11 Å². The molecule has 1 atom stereocenters. The Hall–Kier alpha value is -2.69. The number of halogens is 1. The number of aliphatic imine (C=N–C) groups is 1. The van der Waals surface area contributed by atoms with Crippen molar-refractivity contribution in [2.45, 2.75) is 11.6 Å². The number of fused-ring (bicyclic) bond motifs is 3. The average Bonchev–Trinajstić information content (AvgIpc) is 3.20. The third-order valence-electron chi connectivity index (χ3n) is 5.55. The van der Waals surface area contributed by atoms with Crippen molar-refractivity contribution >= 4 is 33.5 Å². The Morgan fingerprint density at radius 1 is 0.857 bits per heavy atom. The maximum Gasteiger partial charge on any atom is 0.139 e. The number of amidine groups is 1. The summed E-state index contributed by atoms with van der Waals surface area (Å²) in [5, 5.41) is 12.0. The summed E-state index contributed by atoms with van der Waals surface area (Å²) < 4.78 is 1.06. The van der Waals surface area contributed by atoms with Gasteiger partial charge in [-0.2, -0.15) is 0 Å². The highest BCUT2D eigenvalue weighted by molar-refractivity contribution is 9.10. The van der Waals surface area contributed by atoms with E-state index >= 15 is 0 Å². The van der Waals surface area contributed by atoms with Gasteiger partial charge in [-0.05, 0) is 35.4 Å². The van der Waals surface area contributed by atoms with E-state index in [2.05, 4.69) is 33.0 Å². The molecular weight excluding hydrogens is 412 g/mol. The second-order valence-corrected chi connectivity index (χ2v) is 7.97. The van der Waals surface area contributed by atoms with Crippen LogP contribution in [0, 0.1) is 0 Å². The normalized spacial score (nSPS) is 17.9. The SMILES string of the molecule is OC(c1ccccc1)(c1ccccc1)[C@@H]1CN2C(=N1)C=Cc1c(Br)cccc12. The molecule has 28 heavy (non-hydrogen) atoms. The van der Waals surface area contributed by atoms with Gasteiger partial charge in [0.15, 0.2) is 0 Å². The Labute approximate surface area is 172 Å². The molecular formula is C24H19BrN2O. The van der Waals surface area contributed by atoms with Crippen LogP contribution in [0.15, 0.2) is 94.4 Å². The second kappa shape index (κ2) is 6.73. The molecule has 0 saturated carbocycles. The van der Waals surface area contributed by atoms with Gasteiger partial charge in [0, 0.05) is 10.0 Å². The highest BCUT2D eigenvalue weighted by Gasteiger charge is 2.45. The van der Waals surface area contributed by atoms with Crippen molar-refractivity contribution in [1.29, 1.82) is 0 Å². The molecule has 0 aromatic heterocycles. The van der Waals surface area contributed by atoms with Crippen molar-refractivity contribution in [1.82, 2.24) is 0 Å². The number of aliphatic hydroxyl groups is 1. The molecule has 0 unspecified atom stereocenters. The van der Waals surface area contributed by atoms with Gasteiger partial charge in [-0.25, -0.2) is 0 Å². The van der Waals surface area contributed by atoms with E-state index in [4.69, 9.17) is 4.99 Å². The van der Waals surface area contributed by atoms with E-state index in [1.165, 1.54) is 0 Å². The van der Waals surface area contributed by atoms with Crippen molar-refractivity contribution in [3.8, 4) is 0 Å². The van der Waals surface area contributed by atoms with Crippen molar-refractivity contribution in [2.75, 3.05) is 11.4 Å². The van der Waals surface area contributed by atoms with Gasteiger partial charge in [0.05, 0.1) is 12.2 Å². The fourth-order valence-corrected chi connectivity index (χ4v) is 4.62. The highest BCUT2D eigenvalue weighted by Crippen LogP contribution is 2.41. The Morgan fingerprint density at radius 3 is 2.14 bits per heavy atom. The van der Waals surface area contributed by atoms with Crippen LogP contribution in [0.5, 0.6) is 0 Å². The molecule has 1 N–H and O–H groups in total. The van der Waals surface area contributed by atoms with Gasteiger partial charge < -0.3 is 10.0 Å². The molecule has 0 bridgehead atoms. The average molecular weight is 431 g/mol. The largest absolute Gasteiger partial charge is 0.378 e. The molecule has 3 aromatic rings. The Bertz CT molecular complexity index is 1040. The summed E-state index contributed by atoms with van der Waals surface area (Å²) in [5.74, 6) is 0.890. The number of rotatable bonds is 3. The molecule has 0 radical (unpaired) electrons. The second-order valence-electron chi connectivity index (χ2n) is 7.12. The van der Waals surface area contributed by atoms with Gasteiger partial charge in [0.1, 0.15) is 17.5 Å². The minimum Gasteiger partial charge on any atom is -0.378 e. The van der Waals surface area contributed by atoms with Crippen LogP contribution in [-0.4, -0.2) is 23.5 Å². The monoisotopic (exact) mass is 430 g/mol. The van der Waals surface area contributed by atoms with E-state index in [9.17, 15) is 5.11 Å². The molecule has 2 aliphatic heterocycles. The van der Waals surface area contributed by atoms with Gasteiger partial charge in [-0.15, -0.1) is 0 Å². The third-order valence-corrected chi connectivity index (χ3v) is 6.24. The summed E-state index contributed by atoms with van der Waals surface area (Å²) in [6.45, 7) is 0.614. The summed E-state index contributed by atoms with van der Waals surface area (Å²) in [5.41, 5.74) is 2.77. The van der Waals surface area contributed by atoms with Gasteiger partial charge >= 0.3 is 0 Å².